The maximum Gasteiger partial charge on any atom is 0.417 e. The Morgan fingerprint density at radius 2 is 2.18 bits per heavy atom. The summed E-state index contributed by atoms with van der Waals surface area (Å²) in [6.45, 7) is 1.31. The van der Waals surface area contributed by atoms with Crippen molar-refractivity contribution < 1.29 is 18.0 Å². The number of aryl methyl sites for hydroxylation is 1. The van der Waals surface area contributed by atoms with Gasteiger partial charge in [0.1, 0.15) is 5.82 Å². The van der Waals surface area contributed by atoms with Crippen molar-refractivity contribution in [3.63, 3.8) is 0 Å². The van der Waals surface area contributed by atoms with Crippen molar-refractivity contribution in [2.75, 3.05) is 11.9 Å². The van der Waals surface area contributed by atoms with Gasteiger partial charge in [0, 0.05) is 6.20 Å². The highest BCUT2D eigenvalue weighted by Crippen LogP contribution is 2.30. The normalized spacial score (nSPS) is 11.1. The van der Waals surface area contributed by atoms with Crippen LogP contribution in [0.3, 0.4) is 0 Å². The van der Waals surface area contributed by atoms with Gasteiger partial charge in [-0.05, 0) is 18.6 Å². The largest absolute Gasteiger partial charge is 0.417 e. The standard InChI is InChI=1S/C9H11F3N4O/c1-5-2-6(9(10,11)12)3-14-8(5)15-4-7(17)16-13/h2-3H,4,13H2,1H3,(H,14,15)(H,16,17). The van der Waals surface area contributed by atoms with Gasteiger partial charge in [-0.2, -0.15) is 13.2 Å². The molecule has 1 heterocycles. The van der Waals surface area contributed by atoms with Crippen molar-refractivity contribution >= 4 is 11.7 Å². The van der Waals surface area contributed by atoms with E-state index in [0.717, 1.165) is 6.07 Å². The van der Waals surface area contributed by atoms with Gasteiger partial charge in [0.25, 0.3) is 5.91 Å². The Bertz CT molecular complexity index is 419. The van der Waals surface area contributed by atoms with Gasteiger partial charge in [-0.3, -0.25) is 10.2 Å². The van der Waals surface area contributed by atoms with Crippen molar-refractivity contribution in [2.24, 2.45) is 5.84 Å². The molecular formula is C9H11F3N4O. The maximum atomic E-state index is 12.3. The molecule has 1 rings (SSSR count). The number of nitrogens with one attached hydrogen (secondary N) is 2. The molecule has 94 valence electrons. The number of carbonyl (C=O) groups is 1. The minimum absolute atomic E-state index is 0.157. The Labute approximate surface area is 95.2 Å². The summed E-state index contributed by atoms with van der Waals surface area (Å²) in [7, 11) is 0. The number of nitrogens with two attached hydrogens (primary N) is 1. The molecular weight excluding hydrogens is 237 g/mol. The average Bonchev–Trinajstić information content (AvgIpc) is 2.25. The van der Waals surface area contributed by atoms with Crippen molar-refractivity contribution in [1.82, 2.24) is 10.4 Å². The lowest BCUT2D eigenvalue weighted by Crippen LogP contribution is -2.35. The molecule has 0 aliphatic heterocycles. The zero-order valence-corrected chi connectivity index (χ0v) is 8.93. The first kappa shape index (κ1) is 13.2. The number of nitrogens with zero attached hydrogens (tertiary/aromatic N) is 1. The maximum absolute atomic E-state index is 12.3. The summed E-state index contributed by atoms with van der Waals surface area (Å²) >= 11 is 0. The molecule has 4 N–H and O–H groups in total. The van der Waals surface area contributed by atoms with Gasteiger partial charge in [0.2, 0.25) is 0 Å². The molecule has 0 aliphatic rings. The molecule has 5 nitrogen and oxygen atoms in total. The molecule has 0 spiro atoms. The number of alkyl halides is 3. The van der Waals surface area contributed by atoms with Crippen LogP contribution in [0.25, 0.3) is 0 Å². The number of halogens is 3. The van der Waals surface area contributed by atoms with Crippen molar-refractivity contribution in [2.45, 2.75) is 13.1 Å². The van der Waals surface area contributed by atoms with Gasteiger partial charge < -0.3 is 5.32 Å². The molecule has 0 radical (unpaired) electrons. The SMILES string of the molecule is Cc1cc(C(F)(F)F)cnc1NCC(=O)NN. The van der Waals surface area contributed by atoms with E-state index in [-0.39, 0.29) is 12.4 Å². The van der Waals surface area contributed by atoms with Crippen LogP contribution in [-0.2, 0) is 11.0 Å². The zero-order valence-electron chi connectivity index (χ0n) is 8.93. The fourth-order valence-corrected chi connectivity index (χ4v) is 1.13. The third kappa shape index (κ3) is 3.59. The van der Waals surface area contributed by atoms with Crippen LogP contribution in [0, 0.1) is 6.92 Å². The number of rotatable bonds is 3. The van der Waals surface area contributed by atoms with E-state index < -0.39 is 17.6 Å². The summed E-state index contributed by atoms with van der Waals surface area (Å²) in [5.41, 5.74) is 1.35. The van der Waals surface area contributed by atoms with Gasteiger partial charge in [-0.1, -0.05) is 0 Å². The third-order valence-electron chi connectivity index (χ3n) is 1.98. The van der Waals surface area contributed by atoms with Gasteiger partial charge in [-0.15, -0.1) is 0 Å². The van der Waals surface area contributed by atoms with Crippen LogP contribution >= 0.6 is 0 Å². The first-order chi connectivity index (χ1) is 7.84. The number of hydrogen-bond acceptors (Lipinski definition) is 4. The molecule has 0 bridgehead atoms. The molecule has 0 saturated heterocycles. The van der Waals surface area contributed by atoms with E-state index in [0.29, 0.717) is 11.8 Å². The molecule has 0 unspecified atom stereocenters. The number of hydrogen-bond donors (Lipinski definition) is 3. The summed E-state index contributed by atoms with van der Waals surface area (Å²) in [5.74, 6) is 4.56. The van der Waals surface area contributed by atoms with Gasteiger partial charge in [0.05, 0.1) is 12.1 Å². The lowest BCUT2D eigenvalue weighted by Gasteiger charge is -2.11. The third-order valence-corrected chi connectivity index (χ3v) is 1.98. The Kier molecular flexibility index (Phi) is 3.89. The summed E-state index contributed by atoms with van der Waals surface area (Å²) in [4.78, 5) is 14.4. The summed E-state index contributed by atoms with van der Waals surface area (Å²) in [6, 6.07) is 0.954. The van der Waals surface area contributed by atoms with E-state index in [4.69, 9.17) is 5.84 Å². The number of anilines is 1. The van der Waals surface area contributed by atoms with Gasteiger partial charge in [0.15, 0.2) is 0 Å². The Morgan fingerprint density at radius 3 is 2.65 bits per heavy atom. The van der Waals surface area contributed by atoms with Crippen molar-refractivity contribution in [3.05, 3.63) is 23.4 Å². The minimum Gasteiger partial charge on any atom is -0.361 e. The van der Waals surface area contributed by atoms with Crippen LogP contribution in [0.1, 0.15) is 11.1 Å². The smallest absolute Gasteiger partial charge is 0.361 e. The second kappa shape index (κ2) is 5.00. The number of aromatic nitrogens is 1. The van der Waals surface area contributed by atoms with Gasteiger partial charge >= 0.3 is 6.18 Å². The summed E-state index contributed by atoms with van der Waals surface area (Å²) in [6.07, 6.45) is -3.72. The summed E-state index contributed by atoms with van der Waals surface area (Å²) in [5, 5.41) is 2.57. The second-order valence-corrected chi connectivity index (χ2v) is 3.31. The molecule has 0 saturated carbocycles. The first-order valence-corrected chi connectivity index (χ1v) is 4.61. The van der Waals surface area contributed by atoms with E-state index in [2.05, 4.69) is 10.3 Å². The molecule has 8 heteroatoms. The number of carbonyl (C=O) groups excluding carboxylic acids is 1. The predicted molar refractivity (Wildman–Crippen MR) is 54.8 cm³/mol. The fourth-order valence-electron chi connectivity index (χ4n) is 1.13. The number of amides is 1. The van der Waals surface area contributed by atoms with E-state index in [9.17, 15) is 18.0 Å². The average molecular weight is 248 g/mol. The van der Waals surface area contributed by atoms with Gasteiger partial charge in [-0.25, -0.2) is 10.8 Å². The second-order valence-electron chi connectivity index (χ2n) is 3.31. The molecule has 0 aliphatic carbocycles. The van der Waals surface area contributed by atoms with E-state index in [1.165, 1.54) is 6.92 Å². The molecule has 0 fully saturated rings. The quantitative estimate of drug-likeness (QED) is 0.420. The fraction of sp³-hybridized carbons (Fsp3) is 0.333. The highest BCUT2D eigenvalue weighted by atomic mass is 19.4. The van der Waals surface area contributed by atoms with Crippen LogP contribution in [0.2, 0.25) is 0 Å². The van der Waals surface area contributed by atoms with Crippen LogP contribution in [-0.4, -0.2) is 17.4 Å². The first-order valence-electron chi connectivity index (χ1n) is 4.61. The molecule has 1 amide bonds. The number of pyridine rings is 1. The van der Waals surface area contributed by atoms with E-state index in [1.807, 2.05) is 5.43 Å². The lowest BCUT2D eigenvalue weighted by molar-refractivity contribution is -0.137. The minimum atomic E-state index is -4.43. The molecule has 0 atom stereocenters. The number of hydrazine groups is 1. The zero-order chi connectivity index (χ0) is 13.1. The van der Waals surface area contributed by atoms with Crippen molar-refractivity contribution in [1.29, 1.82) is 0 Å². The highest BCUT2D eigenvalue weighted by Gasteiger charge is 2.31. The van der Waals surface area contributed by atoms with Crippen LogP contribution in [0.15, 0.2) is 12.3 Å². The van der Waals surface area contributed by atoms with E-state index >= 15 is 0 Å². The lowest BCUT2D eigenvalue weighted by atomic mass is 10.2. The summed E-state index contributed by atoms with van der Waals surface area (Å²) < 4.78 is 37.0. The van der Waals surface area contributed by atoms with E-state index in [1.54, 1.807) is 0 Å². The monoisotopic (exact) mass is 248 g/mol. The molecule has 1 aromatic rings. The predicted octanol–water partition coefficient (Wildman–Crippen LogP) is 0.811. The topological polar surface area (TPSA) is 80.0 Å². The Morgan fingerprint density at radius 1 is 1.53 bits per heavy atom. The highest BCUT2D eigenvalue weighted by molar-refractivity contribution is 5.79. The van der Waals surface area contributed by atoms with Crippen molar-refractivity contribution in [3.8, 4) is 0 Å². The molecule has 17 heavy (non-hydrogen) atoms. The van der Waals surface area contributed by atoms with Crippen LogP contribution in [0.5, 0.6) is 0 Å². The Hall–Kier alpha value is -1.83. The van der Waals surface area contributed by atoms with Crippen LogP contribution < -0.4 is 16.6 Å². The Balaban J connectivity index is 2.80. The molecule has 1 aromatic heterocycles. The molecule has 0 aromatic carbocycles. The van der Waals surface area contributed by atoms with Crippen LogP contribution in [0.4, 0.5) is 19.0 Å².